The maximum absolute atomic E-state index is 10.7. The van der Waals surface area contributed by atoms with Gasteiger partial charge in [0.25, 0.3) is 0 Å². The second kappa shape index (κ2) is 4.46. The van der Waals surface area contributed by atoms with Crippen molar-refractivity contribution in [1.82, 2.24) is 0 Å². The molecule has 0 aliphatic rings. The summed E-state index contributed by atoms with van der Waals surface area (Å²) < 4.78 is 0.807. The Morgan fingerprint density at radius 2 is 2.21 bits per heavy atom. The molecule has 0 amide bonds. The number of benzene rings is 1. The fourth-order valence-corrected chi connectivity index (χ4v) is 1.80. The molecule has 0 saturated carbocycles. The topological polar surface area (TPSA) is 40.5 Å². The van der Waals surface area contributed by atoms with E-state index in [0.717, 1.165) is 16.7 Å². The van der Waals surface area contributed by atoms with E-state index in [9.17, 15) is 4.79 Å². The lowest BCUT2D eigenvalue weighted by atomic mass is 10.2. The molecule has 14 heavy (non-hydrogen) atoms. The maximum Gasteiger partial charge on any atom is 0.335 e. The lowest BCUT2D eigenvalue weighted by Crippen LogP contribution is -2.16. The van der Waals surface area contributed by atoms with Gasteiger partial charge in [0.1, 0.15) is 0 Å². The summed E-state index contributed by atoms with van der Waals surface area (Å²) in [6.45, 7) is 2.92. The molecule has 1 aromatic rings. The SMILES string of the molecule is CCN(C)c1ccc(C(=O)O)cc1Br. The molecule has 0 aromatic heterocycles. The van der Waals surface area contributed by atoms with Gasteiger partial charge in [-0.2, -0.15) is 0 Å². The van der Waals surface area contributed by atoms with Crippen LogP contribution in [0.4, 0.5) is 5.69 Å². The van der Waals surface area contributed by atoms with E-state index in [1.165, 1.54) is 0 Å². The number of nitrogens with zero attached hydrogens (tertiary/aromatic N) is 1. The van der Waals surface area contributed by atoms with E-state index in [0.29, 0.717) is 5.56 Å². The molecule has 1 aromatic carbocycles. The first kappa shape index (κ1) is 11.0. The molecule has 0 aliphatic carbocycles. The fraction of sp³-hybridized carbons (Fsp3) is 0.300. The number of carbonyl (C=O) groups is 1. The zero-order chi connectivity index (χ0) is 10.7. The Labute approximate surface area is 91.5 Å². The summed E-state index contributed by atoms with van der Waals surface area (Å²) in [5.74, 6) is -0.906. The molecular formula is C10H12BrNO2. The normalized spacial score (nSPS) is 9.93. The van der Waals surface area contributed by atoms with Crippen LogP contribution >= 0.6 is 15.9 Å². The van der Waals surface area contributed by atoms with Crippen LogP contribution in [0.15, 0.2) is 22.7 Å². The second-order valence-corrected chi connectivity index (χ2v) is 3.84. The van der Waals surface area contributed by atoms with Gasteiger partial charge in [-0.3, -0.25) is 0 Å². The van der Waals surface area contributed by atoms with E-state index in [2.05, 4.69) is 15.9 Å². The van der Waals surface area contributed by atoms with Gasteiger partial charge in [-0.05, 0) is 41.1 Å². The third-order valence-corrected chi connectivity index (χ3v) is 2.72. The molecule has 0 unspecified atom stereocenters. The van der Waals surface area contributed by atoms with Crippen molar-refractivity contribution >= 4 is 27.6 Å². The Morgan fingerprint density at radius 3 is 2.64 bits per heavy atom. The molecule has 76 valence electrons. The van der Waals surface area contributed by atoms with Crippen molar-refractivity contribution < 1.29 is 9.90 Å². The largest absolute Gasteiger partial charge is 0.478 e. The molecule has 0 radical (unpaired) electrons. The first-order valence-corrected chi connectivity index (χ1v) is 5.09. The van der Waals surface area contributed by atoms with Gasteiger partial charge >= 0.3 is 5.97 Å². The van der Waals surface area contributed by atoms with Gasteiger partial charge in [-0.1, -0.05) is 0 Å². The molecule has 0 saturated heterocycles. The zero-order valence-corrected chi connectivity index (χ0v) is 9.71. The Balaban J connectivity index is 3.07. The number of aromatic carboxylic acids is 1. The fourth-order valence-electron chi connectivity index (χ4n) is 1.12. The van der Waals surface area contributed by atoms with Crippen molar-refractivity contribution in [3.05, 3.63) is 28.2 Å². The minimum Gasteiger partial charge on any atom is -0.478 e. The van der Waals surface area contributed by atoms with Crippen LogP contribution in [-0.4, -0.2) is 24.7 Å². The van der Waals surface area contributed by atoms with Gasteiger partial charge in [0, 0.05) is 18.1 Å². The van der Waals surface area contributed by atoms with Gasteiger partial charge in [-0.25, -0.2) is 4.79 Å². The van der Waals surface area contributed by atoms with Crippen LogP contribution in [0.2, 0.25) is 0 Å². The summed E-state index contributed by atoms with van der Waals surface area (Å²) in [6.07, 6.45) is 0. The van der Waals surface area contributed by atoms with E-state index in [1.54, 1.807) is 18.2 Å². The minimum atomic E-state index is -0.906. The van der Waals surface area contributed by atoms with Crippen LogP contribution in [0.3, 0.4) is 0 Å². The molecule has 0 heterocycles. The monoisotopic (exact) mass is 257 g/mol. The summed E-state index contributed by atoms with van der Waals surface area (Å²) in [6, 6.07) is 5.02. The number of hydrogen-bond acceptors (Lipinski definition) is 2. The smallest absolute Gasteiger partial charge is 0.335 e. The summed E-state index contributed by atoms with van der Waals surface area (Å²) in [5, 5.41) is 8.76. The number of hydrogen-bond donors (Lipinski definition) is 1. The van der Waals surface area contributed by atoms with Crippen LogP contribution in [0, 0.1) is 0 Å². The van der Waals surface area contributed by atoms with Crippen LogP contribution in [0.25, 0.3) is 0 Å². The van der Waals surface area contributed by atoms with Gasteiger partial charge in [0.05, 0.1) is 11.3 Å². The van der Waals surface area contributed by atoms with Crippen LogP contribution < -0.4 is 4.90 Å². The third-order valence-electron chi connectivity index (χ3n) is 2.08. The predicted octanol–water partition coefficient (Wildman–Crippen LogP) is 2.60. The van der Waals surface area contributed by atoms with Crippen molar-refractivity contribution in [3.8, 4) is 0 Å². The first-order chi connectivity index (χ1) is 6.56. The quantitative estimate of drug-likeness (QED) is 0.905. The molecule has 0 fully saturated rings. The molecule has 1 rings (SSSR count). The number of halogens is 1. The van der Waals surface area contributed by atoms with Gasteiger partial charge in [0.15, 0.2) is 0 Å². The summed E-state index contributed by atoms with van der Waals surface area (Å²) in [7, 11) is 1.96. The van der Waals surface area contributed by atoms with Crippen LogP contribution in [-0.2, 0) is 0 Å². The van der Waals surface area contributed by atoms with Crippen molar-refractivity contribution in [2.24, 2.45) is 0 Å². The standard InChI is InChI=1S/C10H12BrNO2/c1-3-12(2)9-5-4-7(10(13)14)6-8(9)11/h4-6H,3H2,1-2H3,(H,13,14). The third kappa shape index (κ3) is 2.26. The number of rotatable bonds is 3. The Hall–Kier alpha value is -1.03. The number of carboxylic acid groups (broad SMARTS) is 1. The lowest BCUT2D eigenvalue weighted by Gasteiger charge is -2.18. The van der Waals surface area contributed by atoms with E-state index >= 15 is 0 Å². The molecule has 4 heteroatoms. The molecule has 3 nitrogen and oxygen atoms in total. The minimum absolute atomic E-state index is 0.296. The lowest BCUT2D eigenvalue weighted by molar-refractivity contribution is 0.0697. The van der Waals surface area contributed by atoms with Crippen LogP contribution in [0.5, 0.6) is 0 Å². The second-order valence-electron chi connectivity index (χ2n) is 2.99. The number of anilines is 1. The molecular weight excluding hydrogens is 246 g/mol. The first-order valence-electron chi connectivity index (χ1n) is 4.30. The van der Waals surface area contributed by atoms with Crippen molar-refractivity contribution in [3.63, 3.8) is 0 Å². The molecule has 0 bridgehead atoms. The Morgan fingerprint density at radius 1 is 1.57 bits per heavy atom. The van der Waals surface area contributed by atoms with E-state index in [1.807, 2.05) is 18.9 Å². The van der Waals surface area contributed by atoms with Crippen molar-refractivity contribution in [2.75, 3.05) is 18.5 Å². The highest BCUT2D eigenvalue weighted by Crippen LogP contribution is 2.26. The highest BCUT2D eigenvalue weighted by atomic mass is 79.9. The summed E-state index contributed by atoms with van der Waals surface area (Å²) in [5.41, 5.74) is 1.29. The van der Waals surface area contributed by atoms with Gasteiger partial charge in [0.2, 0.25) is 0 Å². The Bertz CT molecular complexity index is 352. The highest BCUT2D eigenvalue weighted by Gasteiger charge is 2.08. The predicted molar refractivity (Wildman–Crippen MR) is 60.0 cm³/mol. The van der Waals surface area contributed by atoms with Gasteiger partial charge in [-0.15, -0.1) is 0 Å². The molecule has 0 atom stereocenters. The van der Waals surface area contributed by atoms with Crippen molar-refractivity contribution in [2.45, 2.75) is 6.92 Å². The highest BCUT2D eigenvalue weighted by molar-refractivity contribution is 9.10. The summed E-state index contributed by atoms with van der Waals surface area (Å²) >= 11 is 3.35. The molecule has 0 spiro atoms. The number of carboxylic acids is 1. The van der Waals surface area contributed by atoms with E-state index in [4.69, 9.17) is 5.11 Å². The zero-order valence-electron chi connectivity index (χ0n) is 8.12. The maximum atomic E-state index is 10.7. The summed E-state index contributed by atoms with van der Waals surface area (Å²) in [4.78, 5) is 12.7. The van der Waals surface area contributed by atoms with Gasteiger partial charge < -0.3 is 10.0 Å². The Kier molecular flexibility index (Phi) is 3.52. The molecule has 1 N–H and O–H groups in total. The average Bonchev–Trinajstić information content (AvgIpc) is 2.16. The van der Waals surface area contributed by atoms with E-state index < -0.39 is 5.97 Å². The van der Waals surface area contributed by atoms with Crippen molar-refractivity contribution in [1.29, 1.82) is 0 Å². The average molecular weight is 258 g/mol. The molecule has 0 aliphatic heterocycles. The van der Waals surface area contributed by atoms with Crippen LogP contribution in [0.1, 0.15) is 17.3 Å². The van der Waals surface area contributed by atoms with E-state index in [-0.39, 0.29) is 0 Å².